The number of rotatable bonds is 6. The topological polar surface area (TPSA) is 43.8 Å². The molecule has 0 amide bonds. The van der Waals surface area contributed by atoms with E-state index in [9.17, 15) is 4.79 Å². The third kappa shape index (κ3) is 4.62. The van der Waals surface area contributed by atoms with Crippen molar-refractivity contribution < 1.29 is 9.90 Å². The second kappa shape index (κ2) is 6.08. The van der Waals surface area contributed by atoms with E-state index in [1.165, 1.54) is 12.8 Å². The van der Waals surface area contributed by atoms with E-state index in [0.29, 0.717) is 12.5 Å². The fraction of sp³-hybridized carbons (Fsp3) is 0.909. The van der Waals surface area contributed by atoms with Gasteiger partial charge in [-0.1, -0.05) is 0 Å². The number of carbonyl (C=O) groups is 1. The van der Waals surface area contributed by atoms with Crippen LogP contribution >= 0.6 is 0 Å². The van der Waals surface area contributed by atoms with Gasteiger partial charge in [0, 0.05) is 25.6 Å². The van der Waals surface area contributed by atoms with Gasteiger partial charge in [0.1, 0.15) is 0 Å². The number of nitrogens with zero attached hydrogens (tertiary/aromatic N) is 2. The van der Waals surface area contributed by atoms with Crippen LogP contribution in [-0.2, 0) is 4.79 Å². The lowest BCUT2D eigenvalue weighted by Crippen LogP contribution is -2.35. The van der Waals surface area contributed by atoms with Crippen molar-refractivity contribution in [1.29, 1.82) is 0 Å². The molecule has 1 saturated heterocycles. The lowest BCUT2D eigenvalue weighted by atomic mass is 10.1. The van der Waals surface area contributed by atoms with Crippen molar-refractivity contribution in [3.05, 3.63) is 0 Å². The van der Waals surface area contributed by atoms with Gasteiger partial charge in [-0.2, -0.15) is 0 Å². The quantitative estimate of drug-likeness (QED) is 0.713. The van der Waals surface area contributed by atoms with Gasteiger partial charge in [0.05, 0.1) is 0 Å². The summed E-state index contributed by atoms with van der Waals surface area (Å²) in [7, 11) is 4.14. The molecule has 0 bridgehead atoms. The van der Waals surface area contributed by atoms with E-state index >= 15 is 0 Å². The average molecular weight is 214 g/mol. The monoisotopic (exact) mass is 214 g/mol. The summed E-state index contributed by atoms with van der Waals surface area (Å²) in [5.74, 6) is -0.672. The summed E-state index contributed by atoms with van der Waals surface area (Å²) >= 11 is 0. The first-order valence-electron chi connectivity index (χ1n) is 5.70. The minimum atomic E-state index is -0.672. The minimum absolute atomic E-state index is 0.309. The number of carboxylic acid groups (broad SMARTS) is 1. The highest BCUT2D eigenvalue weighted by Gasteiger charge is 2.24. The molecule has 0 aliphatic carbocycles. The number of aliphatic carboxylic acids is 1. The summed E-state index contributed by atoms with van der Waals surface area (Å²) in [6.45, 7) is 3.26. The highest BCUT2D eigenvalue weighted by Crippen LogP contribution is 2.20. The van der Waals surface area contributed by atoms with Crippen molar-refractivity contribution in [2.75, 3.05) is 33.7 Å². The van der Waals surface area contributed by atoms with Crippen molar-refractivity contribution in [3.8, 4) is 0 Å². The van der Waals surface area contributed by atoms with Gasteiger partial charge in [-0.3, -0.25) is 9.69 Å². The first-order valence-corrected chi connectivity index (χ1v) is 5.70. The summed E-state index contributed by atoms with van der Waals surface area (Å²) in [4.78, 5) is 15.1. The van der Waals surface area contributed by atoms with Gasteiger partial charge in [-0.25, -0.2) is 0 Å². The standard InChI is InChI=1S/C11H22N2O2/c1-12(2)8-9-13-7-3-4-10(13)5-6-11(14)15/h10H,3-9H2,1-2H3,(H,14,15). The zero-order valence-electron chi connectivity index (χ0n) is 9.78. The van der Waals surface area contributed by atoms with Crippen LogP contribution in [0.4, 0.5) is 0 Å². The van der Waals surface area contributed by atoms with E-state index in [1.54, 1.807) is 0 Å². The Morgan fingerprint density at radius 1 is 1.53 bits per heavy atom. The normalized spacial score (nSPS) is 22.5. The molecule has 1 atom stereocenters. The van der Waals surface area contributed by atoms with Crippen LogP contribution in [0.15, 0.2) is 0 Å². The molecule has 4 heteroatoms. The van der Waals surface area contributed by atoms with Crippen LogP contribution in [0.1, 0.15) is 25.7 Å². The fourth-order valence-electron chi connectivity index (χ4n) is 2.13. The van der Waals surface area contributed by atoms with Crippen molar-refractivity contribution in [1.82, 2.24) is 9.80 Å². The Morgan fingerprint density at radius 3 is 2.87 bits per heavy atom. The van der Waals surface area contributed by atoms with E-state index in [-0.39, 0.29) is 0 Å². The SMILES string of the molecule is CN(C)CCN1CCCC1CCC(=O)O. The molecule has 1 N–H and O–H groups in total. The van der Waals surface area contributed by atoms with Gasteiger partial charge in [0.25, 0.3) is 0 Å². The molecule has 1 heterocycles. The van der Waals surface area contributed by atoms with Crippen molar-refractivity contribution >= 4 is 5.97 Å². The molecular formula is C11H22N2O2. The van der Waals surface area contributed by atoms with Crippen molar-refractivity contribution in [2.24, 2.45) is 0 Å². The summed E-state index contributed by atoms with van der Waals surface area (Å²) in [6, 6.07) is 0.501. The maximum atomic E-state index is 10.5. The molecule has 0 spiro atoms. The van der Waals surface area contributed by atoms with Crippen LogP contribution < -0.4 is 0 Å². The lowest BCUT2D eigenvalue weighted by molar-refractivity contribution is -0.137. The molecule has 1 aliphatic heterocycles. The molecule has 0 saturated carbocycles. The summed E-state index contributed by atoms with van der Waals surface area (Å²) < 4.78 is 0. The molecular weight excluding hydrogens is 192 g/mol. The van der Waals surface area contributed by atoms with E-state index < -0.39 is 5.97 Å². The first-order chi connectivity index (χ1) is 7.09. The maximum absolute atomic E-state index is 10.5. The number of hydrogen-bond acceptors (Lipinski definition) is 3. The third-order valence-electron chi connectivity index (χ3n) is 3.02. The number of likely N-dealkylation sites (tertiary alicyclic amines) is 1. The Hall–Kier alpha value is -0.610. The Kier molecular flexibility index (Phi) is 5.05. The molecule has 1 rings (SSSR count). The highest BCUT2D eigenvalue weighted by molar-refractivity contribution is 5.66. The molecule has 0 radical (unpaired) electrons. The van der Waals surface area contributed by atoms with Gasteiger partial charge >= 0.3 is 5.97 Å². The Labute approximate surface area is 91.9 Å². The van der Waals surface area contributed by atoms with Crippen LogP contribution in [0.5, 0.6) is 0 Å². The van der Waals surface area contributed by atoms with Crippen LogP contribution in [0.2, 0.25) is 0 Å². The zero-order valence-corrected chi connectivity index (χ0v) is 9.78. The van der Waals surface area contributed by atoms with Gasteiger partial charge in [-0.05, 0) is 39.9 Å². The minimum Gasteiger partial charge on any atom is -0.481 e. The Bertz CT molecular complexity index is 207. The number of likely N-dealkylation sites (N-methyl/N-ethyl adjacent to an activating group) is 1. The summed E-state index contributed by atoms with van der Waals surface area (Å²) in [5.41, 5.74) is 0. The van der Waals surface area contributed by atoms with Crippen molar-refractivity contribution in [2.45, 2.75) is 31.7 Å². The largest absolute Gasteiger partial charge is 0.481 e. The average Bonchev–Trinajstić information content (AvgIpc) is 2.58. The molecule has 1 fully saturated rings. The molecule has 0 aromatic rings. The van der Waals surface area contributed by atoms with E-state index in [0.717, 1.165) is 26.1 Å². The Morgan fingerprint density at radius 2 is 2.27 bits per heavy atom. The predicted octanol–water partition coefficient (Wildman–Crippen LogP) is 0.877. The van der Waals surface area contributed by atoms with E-state index in [1.807, 2.05) is 0 Å². The summed E-state index contributed by atoms with van der Waals surface area (Å²) in [6.07, 6.45) is 3.50. The maximum Gasteiger partial charge on any atom is 0.303 e. The number of carboxylic acids is 1. The molecule has 88 valence electrons. The fourth-order valence-corrected chi connectivity index (χ4v) is 2.13. The van der Waals surface area contributed by atoms with Crippen LogP contribution in [0, 0.1) is 0 Å². The van der Waals surface area contributed by atoms with Crippen LogP contribution in [-0.4, -0.2) is 60.6 Å². The van der Waals surface area contributed by atoms with Gasteiger partial charge < -0.3 is 10.0 Å². The smallest absolute Gasteiger partial charge is 0.303 e. The molecule has 1 aliphatic rings. The molecule has 4 nitrogen and oxygen atoms in total. The third-order valence-corrected chi connectivity index (χ3v) is 3.02. The molecule has 1 unspecified atom stereocenters. The second-order valence-electron chi connectivity index (χ2n) is 4.57. The molecule has 0 aromatic heterocycles. The van der Waals surface area contributed by atoms with Gasteiger partial charge in [0.15, 0.2) is 0 Å². The van der Waals surface area contributed by atoms with Gasteiger partial charge in [-0.15, -0.1) is 0 Å². The van der Waals surface area contributed by atoms with E-state index in [2.05, 4.69) is 23.9 Å². The van der Waals surface area contributed by atoms with Crippen molar-refractivity contribution in [3.63, 3.8) is 0 Å². The lowest BCUT2D eigenvalue weighted by Gasteiger charge is -2.25. The zero-order chi connectivity index (χ0) is 11.3. The van der Waals surface area contributed by atoms with Crippen LogP contribution in [0.3, 0.4) is 0 Å². The van der Waals surface area contributed by atoms with E-state index in [4.69, 9.17) is 5.11 Å². The molecule has 15 heavy (non-hydrogen) atoms. The Balaban J connectivity index is 2.26. The summed E-state index contributed by atoms with van der Waals surface area (Å²) in [5, 5.41) is 8.65. The highest BCUT2D eigenvalue weighted by atomic mass is 16.4. The molecule has 0 aromatic carbocycles. The predicted molar refractivity (Wildman–Crippen MR) is 60.0 cm³/mol. The number of hydrogen-bond donors (Lipinski definition) is 1. The van der Waals surface area contributed by atoms with Crippen LogP contribution in [0.25, 0.3) is 0 Å². The second-order valence-corrected chi connectivity index (χ2v) is 4.57. The first kappa shape index (κ1) is 12.5. The van der Waals surface area contributed by atoms with Gasteiger partial charge in [0.2, 0.25) is 0 Å².